The molecule has 0 saturated heterocycles. The first-order chi connectivity index (χ1) is 17.0. The highest BCUT2D eigenvalue weighted by Gasteiger charge is 2.30. The summed E-state index contributed by atoms with van der Waals surface area (Å²) in [6.45, 7) is 2.86. The molecule has 0 spiro atoms. The maximum Gasteiger partial charge on any atom is 0.326 e. The predicted octanol–water partition coefficient (Wildman–Crippen LogP) is 7.30. The Labute approximate surface area is 210 Å². The van der Waals surface area contributed by atoms with Crippen LogP contribution in [0.5, 0.6) is 0 Å². The van der Waals surface area contributed by atoms with Gasteiger partial charge in [0, 0.05) is 25.1 Å². The average molecular weight is 480 g/mol. The minimum atomic E-state index is -0.958. The highest BCUT2D eigenvalue weighted by Crippen LogP contribution is 2.42. The zero-order chi connectivity index (χ0) is 25.0. The molecule has 0 aliphatic heterocycles. The average Bonchev–Trinajstić information content (AvgIpc) is 3.22. The lowest BCUT2D eigenvalue weighted by Crippen LogP contribution is -2.43. The maximum absolute atomic E-state index is 12.3. The van der Waals surface area contributed by atoms with Gasteiger partial charge in [-0.2, -0.15) is 0 Å². The number of benzene rings is 2. The van der Waals surface area contributed by atoms with Gasteiger partial charge >= 0.3 is 11.9 Å². The first-order valence-electron chi connectivity index (χ1n) is 13.4. The van der Waals surface area contributed by atoms with Crippen molar-refractivity contribution in [2.75, 3.05) is 11.4 Å². The van der Waals surface area contributed by atoms with E-state index < -0.39 is 18.0 Å². The summed E-state index contributed by atoms with van der Waals surface area (Å²) in [6.07, 6.45) is 12.9. The number of rotatable bonds is 17. The molecule has 190 valence electrons. The third-order valence-corrected chi connectivity index (χ3v) is 7.18. The van der Waals surface area contributed by atoms with Crippen molar-refractivity contribution in [2.45, 2.75) is 96.4 Å². The van der Waals surface area contributed by atoms with E-state index in [1.807, 2.05) is 29.2 Å². The fraction of sp³-hybridized carbons (Fsp3) is 0.533. The van der Waals surface area contributed by atoms with Gasteiger partial charge in [0.25, 0.3) is 0 Å². The number of carboxylic acid groups (broad SMARTS) is 2. The SMILES string of the molecule is CCCCCCCCCCCCN(c1cccc2c1Cc1ccccc1-2)[C@@H](CCC(=O)O)C(=O)O. The Morgan fingerprint density at radius 2 is 1.46 bits per heavy atom. The van der Waals surface area contributed by atoms with Crippen LogP contribution in [0.15, 0.2) is 42.5 Å². The van der Waals surface area contributed by atoms with Gasteiger partial charge in [0.05, 0.1) is 0 Å². The van der Waals surface area contributed by atoms with Crippen molar-refractivity contribution in [3.8, 4) is 11.1 Å². The van der Waals surface area contributed by atoms with E-state index in [0.717, 1.165) is 42.5 Å². The zero-order valence-electron chi connectivity index (χ0n) is 21.2. The molecule has 2 aromatic rings. The lowest BCUT2D eigenvalue weighted by atomic mass is 10.0. The molecule has 0 radical (unpaired) electrons. The predicted molar refractivity (Wildman–Crippen MR) is 142 cm³/mol. The Hall–Kier alpha value is -2.82. The second kappa shape index (κ2) is 13.9. The van der Waals surface area contributed by atoms with Gasteiger partial charge in [-0.05, 0) is 41.2 Å². The maximum atomic E-state index is 12.3. The van der Waals surface area contributed by atoms with E-state index in [9.17, 15) is 19.8 Å². The molecule has 1 aliphatic carbocycles. The van der Waals surface area contributed by atoms with E-state index in [4.69, 9.17) is 0 Å². The molecule has 0 saturated carbocycles. The van der Waals surface area contributed by atoms with E-state index in [1.54, 1.807) is 0 Å². The smallest absolute Gasteiger partial charge is 0.326 e. The Morgan fingerprint density at radius 3 is 2.11 bits per heavy atom. The summed E-state index contributed by atoms with van der Waals surface area (Å²) in [6, 6.07) is 13.6. The summed E-state index contributed by atoms with van der Waals surface area (Å²) < 4.78 is 0. The molecule has 2 aromatic carbocycles. The van der Waals surface area contributed by atoms with Crippen LogP contribution >= 0.6 is 0 Å². The molecule has 5 heteroatoms. The molecule has 1 atom stereocenters. The van der Waals surface area contributed by atoms with Crippen LogP contribution < -0.4 is 4.90 Å². The van der Waals surface area contributed by atoms with Gasteiger partial charge in [0.1, 0.15) is 6.04 Å². The quantitative estimate of drug-likeness (QED) is 0.199. The molecule has 3 rings (SSSR count). The van der Waals surface area contributed by atoms with Crippen molar-refractivity contribution in [3.05, 3.63) is 53.6 Å². The number of fused-ring (bicyclic) bond motifs is 3. The second-order valence-electron chi connectivity index (χ2n) is 9.80. The van der Waals surface area contributed by atoms with E-state index in [-0.39, 0.29) is 12.8 Å². The van der Waals surface area contributed by atoms with Crippen LogP contribution in [0.4, 0.5) is 5.69 Å². The number of hydrogen-bond donors (Lipinski definition) is 2. The van der Waals surface area contributed by atoms with Gasteiger partial charge < -0.3 is 15.1 Å². The molecular weight excluding hydrogens is 438 g/mol. The zero-order valence-corrected chi connectivity index (χ0v) is 21.2. The fourth-order valence-corrected chi connectivity index (χ4v) is 5.30. The third-order valence-electron chi connectivity index (χ3n) is 7.18. The fourth-order valence-electron chi connectivity index (χ4n) is 5.30. The van der Waals surface area contributed by atoms with Crippen molar-refractivity contribution in [1.82, 2.24) is 0 Å². The van der Waals surface area contributed by atoms with Crippen LogP contribution in [-0.4, -0.2) is 34.7 Å². The van der Waals surface area contributed by atoms with Gasteiger partial charge in [0.2, 0.25) is 0 Å². The number of unbranched alkanes of at least 4 members (excludes halogenated alkanes) is 9. The van der Waals surface area contributed by atoms with Gasteiger partial charge in [-0.3, -0.25) is 4.79 Å². The minimum Gasteiger partial charge on any atom is -0.481 e. The number of nitrogens with zero attached hydrogens (tertiary/aromatic N) is 1. The molecule has 0 amide bonds. The van der Waals surface area contributed by atoms with Crippen LogP contribution in [0.2, 0.25) is 0 Å². The lowest BCUT2D eigenvalue weighted by Gasteiger charge is -2.33. The molecule has 0 heterocycles. The van der Waals surface area contributed by atoms with Gasteiger partial charge in [-0.25, -0.2) is 4.79 Å². The van der Waals surface area contributed by atoms with Crippen LogP contribution in [-0.2, 0) is 16.0 Å². The number of carboxylic acids is 2. The molecule has 0 unspecified atom stereocenters. The van der Waals surface area contributed by atoms with Gasteiger partial charge in [0.15, 0.2) is 0 Å². The monoisotopic (exact) mass is 479 g/mol. The number of carbonyl (C=O) groups is 2. The molecule has 0 bridgehead atoms. The Bertz CT molecular complexity index is 971. The van der Waals surface area contributed by atoms with E-state index in [1.165, 1.54) is 56.1 Å². The summed E-state index contributed by atoms with van der Waals surface area (Å²) in [4.78, 5) is 25.5. The van der Waals surface area contributed by atoms with Crippen LogP contribution in [0.25, 0.3) is 11.1 Å². The van der Waals surface area contributed by atoms with E-state index in [2.05, 4.69) is 25.1 Å². The van der Waals surface area contributed by atoms with E-state index >= 15 is 0 Å². The van der Waals surface area contributed by atoms with E-state index in [0.29, 0.717) is 6.54 Å². The topological polar surface area (TPSA) is 77.8 Å². The molecule has 1 aliphatic rings. The van der Waals surface area contributed by atoms with Crippen molar-refractivity contribution < 1.29 is 19.8 Å². The Balaban J connectivity index is 1.68. The molecule has 2 N–H and O–H groups in total. The van der Waals surface area contributed by atoms with Gasteiger partial charge in [-0.1, -0.05) is 101 Å². The molecule has 5 nitrogen and oxygen atoms in total. The highest BCUT2D eigenvalue weighted by molar-refractivity contribution is 5.85. The van der Waals surface area contributed by atoms with Gasteiger partial charge in [-0.15, -0.1) is 0 Å². The number of aliphatic carboxylic acids is 2. The normalized spacial score (nSPS) is 12.7. The van der Waals surface area contributed by atoms with Crippen molar-refractivity contribution in [3.63, 3.8) is 0 Å². The molecule has 35 heavy (non-hydrogen) atoms. The van der Waals surface area contributed by atoms with Crippen LogP contribution in [0.3, 0.4) is 0 Å². The summed E-state index contributed by atoms with van der Waals surface area (Å²) in [5.41, 5.74) is 5.72. The van der Waals surface area contributed by atoms with Crippen molar-refractivity contribution in [1.29, 1.82) is 0 Å². The lowest BCUT2D eigenvalue weighted by molar-refractivity contribution is -0.140. The number of anilines is 1. The summed E-state index contributed by atoms with van der Waals surface area (Å²) in [5.74, 6) is -1.91. The third kappa shape index (κ3) is 7.58. The highest BCUT2D eigenvalue weighted by atomic mass is 16.4. The first kappa shape index (κ1) is 26.8. The molecule has 0 fully saturated rings. The van der Waals surface area contributed by atoms with Crippen molar-refractivity contribution >= 4 is 17.6 Å². The summed E-state index contributed by atoms with van der Waals surface area (Å²) in [5, 5.41) is 19.3. The van der Waals surface area contributed by atoms with Crippen molar-refractivity contribution in [2.24, 2.45) is 0 Å². The molecular formula is C30H41NO4. The first-order valence-corrected chi connectivity index (χ1v) is 13.4. The summed E-state index contributed by atoms with van der Waals surface area (Å²) >= 11 is 0. The van der Waals surface area contributed by atoms with Crippen LogP contribution in [0.1, 0.15) is 95.1 Å². The Kier molecular flexibility index (Phi) is 10.6. The number of hydrogen-bond acceptors (Lipinski definition) is 3. The minimum absolute atomic E-state index is 0.0963. The molecule has 0 aromatic heterocycles. The largest absolute Gasteiger partial charge is 0.481 e. The second-order valence-corrected chi connectivity index (χ2v) is 9.80. The summed E-state index contributed by atoms with van der Waals surface area (Å²) in [7, 11) is 0. The standard InChI is InChI=1S/C30H41NO4/c1-2-3-4-5-6-7-8-9-10-13-21-31(28(30(34)35)19-20-29(32)33)27-18-14-17-25-24-16-12-11-15-23(24)22-26(25)27/h11-12,14-18,28H,2-10,13,19-22H2,1H3,(H,32,33)(H,34,35)/t28-/m0/s1. The van der Waals surface area contributed by atoms with Crippen LogP contribution in [0, 0.1) is 0 Å². The Morgan fingerprint density at radius 1 is 0.829 bits per heavy atom.